The summed E-state index contributed by atoms with van der Waals surface area (Å²) >= 11 is 0. The lowest BCUT2D eigenvalue weighted by Crippen LogP contribution is -2.03. The molecule has 1 aliphatic rings. The van der Waals surface area contributed by atoms with Gasteiger partial charge in [-0.1, -0.05) is 72.8 Å². The number of nitrogens with zero attached hydrogens (tertiary/aromatic N) is 1. The van der Waals surface area contributed by atoms with E-state index in [0.29, 0.717) is 11.1 Å². The highest BCUT2D eigenvalue weighted by atomic mass is 16.5. The lowest BCUT2D eigenvalue weighted by Gasteiger charge is -2.15. The number of hydrogen-bond acceptors (Lipinski definition) is 3. The van der Waals surface area contributed by atoms with Crippen LogP contribution in [0.1, 0.15) is 28.4 Å². The average Bonchev–Trinajstić information content (AvgIpc) is 3.06. The maximum Gasteiger partial charge on any atom is 0.340 e. The molecule has 1 heterocycles. The Balaban J connectivity index is 1.93. The number of nitriles is 1. The summed E-state index contributed by atoms with van der Waals surface area (Å²) in [5.41, 5.74) is 4.61. The number of rotatable bonds is 3. The molecular weight excluding hydrogens is 322 g/mol. The summed E-state index contributed by atoms with van der Waals surface area (Å²) in [5, 5.41) is 9.06. The van der Waals surface area contributed by atoms with E-state index in [2.05, 4.69) is 6.07 Å². The number of ether oxygens (including phenoxy) is 1. The van der Waals surface area contributed by atoms with E-state index in [1.807, 2.05) is 72.8 Å². The van der Waals surface area contributed by atoms with Gasteiger partial charge >= 0.3 is 5.97 Å². The lowest BCUT2D eigenvalue weighted by molar-refractivity contribution is -0.137. The van der Waals surface area contributed by atoms with Crippen LogP contribution in [0.25, 0.3) is 11.1 Å². The summed E-state index contributed by atoms with van der Waals surface area (Å²) in [6.07, 6.45) is -0.466. The third-order valence-corrected chi connectivity index (χ3v) is 4.45. The zero-order valence-electron chi connectivity index (χ0n) is 13.9. The molecule has 3 nitrogen and oxygen atoms in total. The van der Waals surface area contributed by atoms with Gasteiger partial charge in [0.05, 0.1) is 17.2 Å². The minimum absolute atomic E-state index is 0.329. The van der Waals surface area contributed by atoms with Crippen molar-refractivity contribution in [3.05, 3.63) is 107 Å². The number of esters is 1. The second kappa shape index (κ2) is 6.70. The van der Waals surface area contributed by atoms with Gasteiger partial charge in [0.15, 0.2) is 6.10 Å². The first kappa shape index (κ1) is 15.9. The molecular formula is C23H15NO2. The first-order chi connectivity index (χ1) is 12.8. The van der Waals surface area contributed by atoms with Crippen LogP contribution in [0.5, 0.6) is 0 Å². The maximum absolute atomic E-state index is 12.7. The minimum atomic E-state index is -0.466. The molecule has 0 amide bonds. The molecule has 0 spiro atoms. The molecule has 0 aliphatic carbocycles. The van der Waals surface area contributed by atoms with Crippen molar-refractivity contribution >= 4 is 17.1 Å². The maximum atomic E-state index is 12.7. The van der Waals surface area contributed by atoms with Gasteiger partial charge in [-0.2, -0.15) is 5.26 Å². The predicted octanol–water partition coefficient (Wildman–Crippen LogP) is 4.77. The van der Waals surface area contributed by atoms with Crippen LogP contribution in [0.4, 0.5) is 0 Å². The van der Waals surface area contributed by atoms with Crippen molar-refractivity contribution in [1.29, 1.82) is 5.26 Å². The first-order valence-electron chi connectivity index (χ1n) is 8.34. The molecule has 26 heavy (non-hydrogen) atoms. The summed E-state index contributed by atoms with van der Waals surface area (Å²) in [7, 11) is 0. The van der Waals surface area contributed by atoms with Crippen molar-refractivity contribution in [2.75, 3.05) is 0 Å². The molecule has 0 saturated carbocycles. The quantitative estimate of drug-likeness (QED) is 0.647. The smallest absolute Gasteiger partial charge is 0.340 e. The van der Waals surface area contributed by atoms with Gasteiger partial charge in [-0.3, -0.25) is 0 Å². The Hall–Kier alpha value is -3.64. The SMILES string of the molecule is N#Cc1ccc(C2=C(c3ccccc3)C(=O)O[C@H]2c2ccccc2)cc1. The number of cyclic esters (lactones) is 1. The molecule has 124 valence electrons. The Labute approximate surface area is 151 Å². The van der Waals surface area contributed by atoms with Gasteiger partial charge in [-0.15, -0.1) is 0 Å². The molecule has 0 radical (unpaired) electrons. The van der Waals surface area contributed by atoms with Crippen LogP contribution in [0, 0.1) is 11.3 Å². The van der Waals surface area contributed by atoms with Crippen LogP contribution in [0.2, 0.25) is 0 Å². The molecule has 4 rings (SSSR count). The number of carbonyl (C=O) groups excluding carboxylic acids is 1. The molecule has 0 saturated heterocycles. The van der Waals surface area contributed by atoms with Gasteiger partial charge in [0.2, 0.25) is 0 Å². The fourth-order valence-electron chi connectivity index (χ4n) is 3.23. The first-order valence-corrected chi connectivity index (χ1v) is 8.34. The largest absolute Gasteiger partial charge is 0.449 e. The molecule has 0 fully saturated rings. The van der Waals surface area contributed by atoms with E-state index in [-0.39, 0.29) is 5.97 Å². The summed E-state index contributed by atoms with van der Waals surface area (Å²) in [6.45, 7) is 0. The minimum Gasteiger partial charge on any atom is -0.449 e. The highest BCUT2D eigenvalue weighted by molar-refractivity contribution is 6.28. The molecule has 1 aliphatic heterocycles. The fraction of sp³-hybridized carbons (Fsp3) is 0.0435. The van der Waals surface area contributed by atoms with Crippen molar-refractivity contribution in [1.82, 2.24) is 0 Å². The van der Waals surface area contributed by atoms with Crippen LogP contribution in [0.15, 0.2) is 84.9 Å². The van der Waals surface area contributed by atoms with Gasteiger partial charge < -0.3 is 4.74 Å². The van der Waals surface area contributed by atoms with Crippen LogP contribution in [-0.2, 0) is 9.53 Å². The lowest BCUT2D eigenvalue weighted by atomic mass is 9.90. The zero-order valence-corrected chi connectivity index (χ0v) is 13.9. The Morgan fingerprint density at radius 2 is 1.38 bits per heavy atom. The van der Waals surface area contributed by atoms with E-state index in [9.17, 15) is 4.79 Å². The zero-order chi connectivity index (χ0) is 17.9. The third-order valence-electron chi connectivity index (χ3n) is 4.45. The van der Waals surface area contributed by atoms with Gasteiger partial charge in [-0.25, -0.2) is 4.79 Å². The third kappa shape index (κ3) is 2.78. The standard InChI is InChI=1S/C23H15NO2/c24-15-16-11-13-18(14-12-16)20-21(17-7-3-1-4-8-17)23(25)26-22(20)19-9-5-2-6-10-19/h1-14,22H/t22-/m0/s1. The monoisotopic (exact) mass is 337 g/mol. The predicted molar refractivity (Wildman–Crippen MR) is 99.7 cm³/mol. The van der Waals surface area contributed by atoms with Gasteiger partial charge in [0.1, 0.15) is 0 Å². The van der Waals surface area contributed by atoms with E-state index in [1.54, 1.807) is 12.1 Å². The molecule has 3 heteroatoms. The highest BCUT2D eigenvalue weighted by Gasteiger charge is 2.36. The summed E-state index contributed by atoms with van der Waals surface area (Å²) in [4.78, 5) is 12.7. The van der Waals surface area contributed by atoms with Crippen LogP contribution >= 0.6 is 0 Å². The average molecular weight is 337 g/mol. The summed E-state index contributed by atoms with van der Waals surface area (Å²) in [6, 6.07) is 28.6. The topological polar surface area (TPSA) is 50.1 Å². The van der Waals surface area contributed by atoms with E-state index in [1.165, 1.54) is 0 Å². The van der Waals surface area contributed by atoms with Crippen molar-refractivity contribution in [3.8, 4) is 6.07 Å². The van der Waals surface area contributed by atoms with E-state index < -0.39 is 6.10 Å². The van der Waals surface area contributed by atoms with Crippen LogP contribution in [0.3, 0.4) is 0 Å². The molecule has 3 aromatic carbocycles. The van der Waals surface area contributed by atoms with Gasteiger partial charge in [0.25, 0.3) is 0 Å². The Morgan fingerprint density at radius 1 is 0.769 bits per heavy atom. The summed E-state index contributed by atoms with van der Waals surface area (Å²) < 4.78 is 5.76. The second-order valence-electron chi connectivity index (χ2n) is 6.04. The van der Waals surface area contributed by atoms with E-state index in [0.717, 1.165) is 22.3 Å². The Kier molecular flexibility index (Phi) is 4.09. The molecule has 0 unspecified atom stereocenters. The van der Waals surface area contributed by atoms with Crippen molar-refractivity contribution in [3.63, 3.8) is 0 Å². The van der Waals surface area contributed by atoms with E-state index in [4.69, 9.17) is 10.00 Å². The molecule has 0 bridgehead atoms. The van der Waals surface area contributed by atoms with E-state index >= 15 is 0 Å². The molecule has 0 N–H and O–H groups in total. The fourth-order valence-corrected chi connectivity index (χ4v) is 3.23. The molecule has 3 aromatic rings. The number of benzene rings is 3. The normalized spacial score (nSPS) is 16.3. The molecule has 0 aromatic heterocycles. The van der Waals surface area contributed by atoms with Crippen LogP contribution < -0.4 is 0 Å². The summed E-state index contributed by atoms with van der Waals surface area (Å²) in [5.74, 6) is -0.329. The number of hydrogen-bond donors (Lipinski definition) is 0. The highest BCUT2D eigenvalue weighted by Crippen LogP contribution is 2.45. The molecule has 1 atom stereocenters. The van der Waals surface area contributed by atoms with Crippen LogP contribution in [-0.4, -0.2) is 5.97 Å². The van der Waals surface area contributed by atoms with Gasteiger partial charge in [-0.05, 0) is 28.8 Å². The van der Waals surface area contributed by atoms with Crippen molar-refractivity contribution in [2.24, 2.45) is 0 Å². The number of carbonyl (C=O) groups is 1. The Morgan fingerprint density at radius 3 is 2.00 bits per heavy atom. The van der Waals surface area contributed by atoms with Crippen molar-refractivity contribution in [2.45, 2.75) is 6.10 Å². The van der Waals surface area contributed by atoms with Crippen molar-refractivity contribution < 1.29 is 9.53 Å². The second-order valence-corrected chi connectivity index (χ2v) is 6.04. The van der Waals surface area contributed by atoms with Gasteiger partial charge in [0, 0.05) is 5.57 Å². The Bertz CT molecular complexity index is 1010.